The summed E-state index contributed by atoms with van der Waals surface area (Å²) in [5.41, 5.74) is 15.3. The molecule has 0 atom stereocenters. The standard InChI is InChI=1S/2C17H29N5.4C14H12O2.2Mn.2H2O/c2*1-6-9-22(10-14-12(4)18-16(7-2)20-14)11-15-13(5)19-17(8-3)21-15;4*15-14(16)13(11-7-3-1-4-8-11)12-9-5-2-6-10-12;;;;/h2*6-11H2,1-5H3,(H,18,20)(H,19,21);4*1-10,13H,(H,15,16);;;2*1H2/q;;;;;;2*+2;;/p-3. The van der Waals surface area contributed by atoms with Crippen LogP contribution in [-0.4, -0.2) is 92.1 Å². The van der Waals surface area contributed by atoms with Crippen LogP contribution in [0.4, 0.5) is 0 Å². The van der Waals surface area contributed by atoms with Crippen LogP contribution in [0.15, 0.2) is 243 Å². The number of aliphatic carboxylic acids is 4. The third-order valence-corrected chi connectivity index (χ3v) is 18.1. The van der Waals surface area contributed by atoms with E-state index in [1.165, 1.54) is 22.8 Å². The van der Waals surface area contributed by atoms with E-state index < -0.39 is 47.5 Å². The van der Waals surface area contributed by atoms with Crippen molar-refractivity contribution in [2.45, 2.75) is 158 Å². The van der Waals surface area contributed by atoms with Crippen molar-refractivity contribution in [3.05, 3.63) is 356 Å². The summed E-state index contributed by atoms with van der Waals surface area (Å²) in [7, 11) is 0. The van der Waals surface area contributed by atoms with Crippen LogP contribution in [0.5, 0.6) is 0 Å². The Kier molecular flexibility index (Phi) is 43.5. The van der Waals surface area contributed by atoms with Crippen molar-refractivity contribution in [1.82, 2.24) is 49.7 Å². The number of carbonyl (C=O) groups excluding carboxylic acids is 4. The second-order valence-electron chi connectivity index (χ2n) is 26.1. The van der Waals surface area contributed by atoms with Crippen molar-refractivity contribution >= 4 is 23.9 Å². The molecule has 590 valence electrons. The number of aromatic amines is 4. The third-order valence-electron chi connectivity index (χ3n) is 18.1. The first-order valence-electron chi connectivity index (χ1n) is 37.1. The van der Waals surface area contributed by atoms with Gasteiger partial charge in [-0.3, -0.25) is 9.80 Å². The number of rotatable bonds is 28. The Morgan fingerprint density at radius 2 is 0.438 bits per heavy atom. The van der Waals surface area contributed by atoms with E-state index in [1.807, 2.05) is 146 Å². The number of imidazole rings is 4. The molecular weight excluding hydrogens is 1490 g/mol. The topological polar surface area (TPSA) is 346 Å². The Bertz CT molecular complexity index is 3860. The van der Waals surface area contributed by atoms with Gasteiger partial charge >= 0.3 is 34.1 Å². The number of hydrogen-bond acceptors (Lipinski definition) is 14. The van der Waals surface area contributed by atoms with Gasteiger partial charge in [-0.25, -0.2) is 19.9 Å². The summed E-state index contributed by atoms with van der Waals surface area (Å²) in [5, 5.41) is 44.8. The Labute approximate surface area is 680 Å². The number of benzene rings is 8. The van der Waals surface area contributed by atoms with Gasteiger partial charge in [0.1, 0.15) is 23.3 Å². The number of carboxylic acids is 4. The zero-order valence-corrected chi connectivity index (χ0v) is 68.0. The second-order valence-corrected chi connectivity index (χ2v) is 26.1. The number of carboxylic acid groups (broad SMARTS) is 4. The number of nitrogens with zero attached hydrogens (tertiary/aromatic N) is 6. The summed E-state index contributed by atoms with van der Waals surface area (Å²) in [6, 6.07) is 72.9. The van der Waals surface area contributed by atoms with Crippen molar-refractivity contribution in [2.75, 3.05) is 13.1 Å². The molecule has 0 saturated heterocycles. The van der Waals surface area contributed by atoms with Crippen LogP contribution < -0.4 is 20.4 Å². The molecule has 9 N–H and O–H groups in total. The average molecular weight is 1600 g/mol. The Morgan fingerprint density at radius 3 is 0.545 bits per heavy atom. The quantitative estimate of drug-likeness (QED) is 0.0262. The maximum atomic E-state index is 11.2. The normalized spacial score (nSPS) is 10.4. The fourth-order valence-electron chi connectivity index (χ4n) is 12.5. The summed E-state index contributed by atoms with van der Waals surface area (Å²) >= 11 is 0. The second kappa shape index (κ2) is 51.0. The molecule has 112 heavy (non-hydrogen) atoms. The first-order valence-corrected chi connectivity index (χ1v) is 37.1. The Morgan fingerprint density at radius 1 is 0.295 bits per heavy atom. The van der Waals surface area contributed by atoms with Gasteiger partial charge in [-0.2, -0.15) is 0 Å². The molecule has 0 aliphatic carbocycles. The van der Waals surface area contributed by atoms with Crippen molar-refractivity contribution in [3.63, 3.8) is 0 Å². The molecule has 0 unspecified atom stereocenters. The minimum atomic E-state index is -1.07. The Hall–Kier alpha value is -10.6. The fraction of sp³-hybridized carbons (Fsp3) is 0.289. The van der Waals surface area contributed by atoms with Gasteiger partial charge in [0.2, 0.25) is 0 Å². The van der Waals surface area contributed by atoms with Gasteiger partial charge in [-0.15, -0.1) is 0 Å². The molecule has 12 rings (SSSR count). The zero-order chi connectivity index (χ0) is 77.7. The van der Waals surface area contributed by atoms with E-state index in [0.717, 1.165) is 168 Å². The summed E-state index contributed by atoms with van der Waals surface area (Å²) in [5.74, 6) is -2.75. The molecule has 4 aromatic heterocycles. The van der Waals surface area contributed by atoms with E-state index in [2.05, 4.69) is 99.0 Å². The minimum Gasteiger partial charge on any atom is -0.549 e. The van der Waals surface area contributed by atoms with Crippen molar-refractivity contribution in [3.8, 4) is 0 Å². The molecule has 0 spiro atoms. The number of aryl methyl sites for hydroxylation is 8. The van der Waals surface area contributed by atoms with Crippen LogP contribution >= 0.6 is 0 Å². The maximum absolute atomic E-state index is 11.2. The number of aromatic nitrogens is 8. The predicted octanol–water partition coefficient (Wildman–Crippen LogP) is 11.1. The van der Waals surface area contributed by atoms with Gasteiger partial charge in [0, 0.05) is 98.3 Å². The van der Waals surface area contributed by atoms with E-state index in [4.69, 9.17) is 19.9 Å². The molecule has 20 nitrogen and oxygen atoms in total. The van der Waals surface area contributed by atoms with Crippen LogP contribution in [0.2, 0.25) is 0 Å². The van der Waals surface area contributed by atoms with Gasteiger partial charge in [0.15, 0.2) is 0 Å². The smallest absolute Gasteiger partial charge is 0.549 e. The molecule has 8 aromatic carbocycles. The predicted molar refractivity (Wildman–Crippen MR) is 427 cm³/mol. The van der Waals surface area contributed by atoms with Crippen LogP contribution in [0, 0.1) is 27.7 Å². The van der Waals surface area contributed by atoms with Crippen molar-refractivity contribution in [2.24, 2.45) is 0 Å². The SMILES string of the molecule is CCCN(Cc1nc(CC)[nH]c1C)Cc1nc(CC)[nH]c1C.CCCN(Cc1nc(CC)[nH]c1C)Cc1nc(CC)[nH]c1C.O.O=C([O-])C(c1ccccc1)c1ccccc1.O=C([O-])C(c1ccccc1)c1ccccc1.O=C([O-])C(c1ccccc1)c1ccccc1.O=C([O-])C(c1ccccc1)c1ccccc1.[Mn+2].[Mn+2].[OH3+]. The van der Waals surface area contributed by atoms with Gasteiger partial charge in [0.25, 0.3) is 0 Å². The van der Waals surface area contributed by atoms with Crippen LogP contribution in [0.1, 0.15) is 191 Å². The molecular formula is C90H107Mn2N10O10+. The van der Waals surface area contributed by atoms with Crippen LogP contribution in [-0.2, 0) is 111 Å². The minimum absolute atomic E-state index is 0. The average Bonchev–Trinajstić information content (AvgIpc) is 1.56. The van der Waals surface area contributed by atoms with E-state index in [9.17, 15) is 39.6 Å². The summed E-state index contributed by atoms with van der Waals surface area (Å²) in [6.45, 7) is 27.0. The van der Waals surface area contributed by atoms with E-state index in [-0.39, 0.29) is 45.1 Å². The first kappa shape index (κ1) is 95.6. The molecule has 0 aliphatic heterocycles. The largest absolute Gasteiger partial charge is 2.00 e. The summed E-state index contributed by atoms with van der Waals surface area (Å²) in [4.78, 5) is 82.0. The molecule has 0 bridgehead atoms. The van der Waals surface area contributed by atoms with Crippen LogP contribution in [0.3, 0.4) is 0 Å². The number of hydrogen-bond donors (Lipinski definition) is 4. The molecule has 0 amide bonds. The summed E-state index contributed by atoms with van der Waals surface area (Å²) < 4.78 is 0. The van der Waals surface area contributed by atoms with Crippen molar-refractivity contribution < 1.29 is 84.7 Å². The molecule has 0 fully saturated rings. The molecule has 2 radical (unpaired) electrons. The fourth-order valence-corrected chi connectivity index (χ4v) is 12.5. The van der Waals surface area contributed by atoms with E-state index in [1.54, 1.807) is 97.1 Å². The van der Waals surface area contributed by atoms with Gasteiger partial charge in [-0.1, -0.05) is 284 Å². The van der Waals surface area contributed by atoms with Crippen molar-refractivity contribution in [1.29, 1.82) is 0 Å². The van der Waals surface area contributed by atoms with Crippen LogP contribution in [0.25, 0.3) is 0 Å². The zero-order valence-electron chi connectivity index (χ0n) is 65.7. The first-order chi connectivity index (χ1) is 52.3. The monoisotopic (exact) mass is 1600 g/mol. The molecule has 4 heterocycles. The van der Waals surface area contributed by atoms with Gasteiger partial charge in [0.05, 0.1) is 46.7 Å². The molecule has 0 aliphatic rings. The molecule has 0 saturated carbocycles. The number of nitrogens with one attached hydrogen (secondary N) is 4. The summed E-state index contributed by atoms with van der Waals surface area (Å²) in [6.07, 6.45) is 6.07. The van der Waals surface area contributed by atoms with E-state index >= 15 is 0 Å². The van der Waals surface area contributed by atoms with Gasteiger partial charge in [-0.05, 0) is 98.1 Å². The number of H-pyrrole nitrogens is 4. The molecule has 22 heteroatoms. The van der Waals surface area contributed by atoms with E-state index in [0.29, 0.717) is 0 Å². The number of carbonyl (C=O) groups is 4. The third kappa shape index (κ3) is 29.9. The Balaban J connectivity index is 0.000000348. The molecule has 12 aromatic rings. The maximum Gasteiger partial charge on any atom is 2.00 e. The van der Waals surface area contributed by atoms with Gasteiger partial charge < -0.3 is 70.5 Å².